The molecule has 0 radical (unpaired) electrons. The fourth-order valence-corrected chi connectivity index (χ4v) is 1.28. The summed E-state index contributed by atoms with van der Waals surface area (Å²) < 4.78 is 4.95. The summed E-state index contributed by atoms with van der Waals surface area (Å²) in [4.78, 5) is 10.2. The third-order valence-corrected chi connectivity index (χ3v) is 2.20. The molecule has 0 aliphatic rings. The molecule has 5 nitrogen and oxygen atoms in total. The smallest absolute Gasteiger partial charge is 0.297 e. The van der Waals surface area contributed by atoms with Crippen molar-refractivity contribution in [1.82, 2.24) is 0 Å². The van der Waals surface area contributed by atoms with Gasteiger partial charge in [-0.1, -0.05) is 11.8 Å². The van der Waals surface area contributed by atoms with Gasteiger partial charge in [-0.25, -0.2) is 0 Å². The first-order valence-corrected chi connectivity index (χ1v) is 5.30. The van der Waals surface area contributed by atoms with E-state index in [0.29, 0.717) is 23.6 Å². The number of hydrogen-bond donors (Lipinski definition) is 1. The van der Waals surface area contributed by atoms with Crippen LogP contribution in [0.5, 0.6) is 5.75 Å². The molecule has 0 atom stereocenters. The molecule has 0 spiro atoms. The van der Waals surface area contributed by atoms with Crippen LogP contribution < -0.4 is 10.5 Å². The summed E-state index contributed by atoms with van der Waals surface area (Å²) >= 11 is 5.48. The SMILES string of the molecule is COc1cc(C#CCCCl)c(N)c([N+](=O)[O-])c1. The van der Waals surface area contributed by atoms with E-state index in [-0.39, 0.29) is 11.4 Å². The summed E-state index contributed by atoms with van der Waals surface area (Å²) in [5.74, 6) is 6.26. The summed E-state index contributed by atoms with van der Waals surface area (Å²) in [5.41, 5.74) is 5.86. The van der Waals surface area contributed by atoms with E-state index in [9.17, 15) is 10.1 Å². The number of ether oxygens (including phenoxy) is 1. The van der Waals surface area contributed by atoms with Crippen molar-refractivity contribution >= 4 is 23.0 Å². The van der Waals surface area contributed by atoms with E-state index in [1.807, 2.05) is 0 Å². The molecule has 90 valence electrons. The van der Waals surface area contributed by atoms with Crippen molar-refractivity contribution in [3.8, 4) is 17.6 Å². The molecule has 0 fully saturated rings. The molecule has 0 unspecified atom stereocenters. The van der Waals surface area contributed by atoms with E-state index in [2.05, 4.69) is 11.8 Å². The van der Waals surface area contributed by atoms with Crippen molar-refractivity contribution in [2.45, 2.75) is 6.42 Å². The first kappa shape index (κ1) is 13.1. The number of benzene rings is 1. The Morgan fingerprint density at radius 2 is 2.29 bits per heavy atom. The number of nitrogens with two attached hydrogens (primary N) is 1. The fourth-order valence-electron chi connectivity index (χ4n) is 1.19. The summed E-state index contributed by atoms with van der Waals surface area (Å²) in [6.45, 7) is 0. The predicted molar refractivity (Wildman–Crippen MR) is 66.3 cm³/mol. The average molecular weight is 255 g/mol. The number of nitro groups is 1. The summed E-state index contributed by atoms with van der Waals surface area (Å²) in [6.07, 6.45) is 0.492. The van der Waals surface area contributed by atoms with Gasteiger partial charge in [-0.3, -0.25) is 10.1 Å². The van der Waals surface area contributed by atoms with Crippen LogP contribution in [0.4, 0.5) is 11.4 Å². The number of rotatable bonds is 3. The molecule has 1 aromatic rings. The summed E-state index contributed by atoms with van der Waals surface area (Å²) in [6, 6.07) is 2.83. The lowest BCUT2D eigenvalue weighted by molar-refractivity contribution is -0.384. The highest BCUT2D eigenvalue weighted by Gasteiger charge is 2.16. The molecule has 2 N–H and O–H groups in total. The maximum Gasteiger partial charge on any atom is 0.297 e. The molecule has 0 saturated carbocycles. The van der Waals surface area contributed by atoms with Gasteiger partial charge >= 0.3 is 0 Å². The minimum Gasteiger partial charge on any atom is -0.496 e. The van der Waals surface area contributed by atoms with E-state index < -0.39 is 4.92 Å². The topological polar surface area (TPSA) is 78.4 Å². The van der Waals surface area contributed by atoms with E-state index in [4.69, 9.17) is 22.1 Å². The van der Waals surface area contributed by atoms with Gasteiger partial charge < -0.3 is 10.5 Å². The third-order valence-electron chi connectivity index (χ3n) is 2.01. The van der Waals surface area contributed by atoms with Crippen LogP contribution in [0.3, 0.4) is 0 Å². The highest BCUT2D eigenvalue weighted by Crippen LogP contribution is 2.30. The van der Waals surface area contributed by atoms with Gasteiger partial charge in [0, 0.05) is 12.3 Å². The van der Waals surface area contributed by atoms with E-state index >= 15 is 0 Å². The van der Waals surface area contributed by atoms with Crippen LogP contribution in [0.25, 0.3) is 0 Å². The second-order valence-electron chi connectivity index (χ2n) is 3.11. The zero-order valence-electron chi connectivity index (χ0n) is 9.20. The Morgan fingerprint density at radius 3 is 2.82 bits per heavy atom. The van der Waals surface area contributed by atoms with Crippen LogP contribution in [0.15, 0.2) is 12.1 Å². The molecule has 0 aliphatic heterocycles. The maximum absolute atomic E-state index is 10.8. The van der Waals surface area contributed by atoms with Crippen molar-refractivity contribution in [1.29, 1.82) is 0 Å². The molecule has 0 amide bonds. The highest BCUT2D eigenvalue weighted by atomic mass is 35.5. The number of nitrogens with zero attached hydrogens (tertiary/aromatic N) is 1. The molecule has 0 heterocycles. The Kier molecular flexibility index (Phi) is 4.61. The molecule has 0 aromatic heterocycles. The Labute approximate surface area is 104 Å². The molecule has 0 bridgehead atoms. The zero-order chi connectivity index (χ0) is 12.8. The molecule has 1 aromatic carbocycles. The first-order valence-electron chi connectivity index (χ1n) is 4.77. The highest BCUT2D eigenvalue weighted by molar-refractivity contribution is 6.18. The van der Waals surface area contributed by atoms with Crippen molar-refractivity contribution in [3.63, 3.8) is 0 Å². The van der Waals surface area contributed by atoms with E-state index in [1.54, 1.807) is 6.07 Å². The molecular formula is C11H11ClN2O3. The quantitative estimate of drug-likeness (QED) is 0.295. The Morgan fingerprint density at radius 1 is 1.59 bits per heavy atom. The lowest BCUT2D eigenvalue weighted by Crippen LogP contribution is -1.99. The van der Waals surface area contributed by atoms with Gasteiger partial charge in [0.2, 0.25) is 0 Å². The summed E-state index contributed by atoms with van der Waals surface area (Å²) in [7, 11) is 1.42. The van der Waals surface area contributed by atoms with Crippen LogP contribution in [0, 0.1) is 22.0 Å². The van der Waals surface area contributed by atoms with Gasteiger partial charge in [0.05, 0.1) is 23.7 Å². The van der Waals surface area contributed by atoms with Crippen LogP contribution in [0.2, 0.25) is 0 Å². The third kappa shape index (κ3) is 3.26. The Balaban J connectivity index is 3.25. The predicted octanol–water partition coefficient (Wildman–Crippen LogP) is 2.17. The number of nitro benzene ring substituents is 1. The lowest BCUT2D eigenvalue weighted by Gasteiger charge is -2.04. The van der Waals surface area contributed by atoms with E-state index in [1.165, 1.54) is 13.2 Å². The van der Waals surface area contributed by atoms with Crippen molar-refractivity contribution in [3.05, 3.63) is 27.8 Å². The van der Waals surface area contributed by atoms with Crippen LogP contribution in [0.1, 0.15) is 12.0 Å². The molecule has 17 heavy (non-hydrogen) atoms. The second-order valence-corrected chi connectivity index (χ2v) is 3.48. The van der Waals surface area contributed by atoms with Crippen LogP contribution in [-0.4, -0.2) is 17.9 Å². The van der Waals surface area contributed by atoms with Gasteiger partial charge in [0.15, 0.2) is 0 Å². The number of nitrogen functional groups attached to an aromatic ring is 1. The Bertz CT molecular complexity index is 491. The molecule has 1 rings (SSSR count). The van der Waals surface area contributed by atoms with Crippen molar-refractivity contribution < 1.29 is 9.66 Å². The molecule has 6 heteroatoms. The minimum atomic E-state index is -0.565. The van der Waals surface area contributed by atoms with Gasteiger partial charge in [-0.2, -0.15) is 0 Å². The monoisotopic (exact) mass is 254 g/mol. The number of alkyl halides is 1. The van der Waals surface area contributed by atoms with Gasteiger partial charge in [-0.05, 0) is 6.07 Å². The zero-order valence-corrected chi connectivity index (χ0v) is 9.95. The normalized spacial score (nSPS) is 9.29. The minimum absolute atomic E-state index is 0.0397. The van der Waals surface area contributed by atoms with Crippen LogP contribution in [-0.2, 0) is 0 Å². The molecular weight excluding hydrogens is 244 g/mol. The number of hydrogen-bond acceptors (Lipinski definition) is 4. The molecule has 0 saturated heterocycles. The van der Waals surface area contributed by atoms with Gasteiger partial charge in [-0.15, -0.1) is 11.6 Å². The van der Waals surface area contributed by atoms with Crippen molar-refractivity contribution in [2.75, 3.05) is 18.7 Å². The van der Waals surface area contributed by atoms with E-state index in [0.717, 1.165) is 0 Å². The second kappa shape index (κ2) is 5.97. The Hall–Kier alpha value is -1.93. The van der Waals surface area contributed by atoms with Crippen molar-refractivity contribution in [2.24, 2.45) is 0 Å². The van der Waals surface area contributed by atoms with Crippen LogP contribution >= 0.6 is 11.6 Å². The van der Waals surface area contributed by atoms with Gasteiger partial charge in [0.1, 0.15) is 11.4 Å². The largest absolute Gasteiger partial charge is 0.496 e. The number of halogens is 1. The standard InChI is InChI=1S/C11H11ClN2O3/c1-17-9-6-8(4-2-3-5-12)11(13)10(7-9)14(15)16/h6-7H,3,5,13H2,1H3. The average Bonchev–Trinajstić information content (AvgIpc) is 2.31. The number of methoxy groups -OCH3 is 1. The summed E-state index contributed by atoms with van der Waals surface area (Å²) in [5, 5.41) is 10.8. The van der Waals surface area contributed by atoms with Gasteiger partial charge in [0.25, 0.3) is 5.69 Å². The lowest BCUT2D eigenvalue weighted by atomic mass is 10.1. The first-order chi connectivity index (χ1) is 8.10. The fraction of sp³-hybridized carbons (Fsp3) is 0.273. The maximum atomic E-state index is 10.8. The number of anilines is 1. The molecule has 0 aliphatic carbocycles.